The van der Waals surface area contributed by atoms with Gasteiger partial charge in [-0.25, -0.2) is 0 Å². The van der Waals surface area contributed by atoms with E-state index in [4.69, 9.17) is 4.52 Å². The summed E-state index contributed by atoms with van der Waals surface area (Å²) in [5, 5.41) is 10.1. The first-order valence-electron chi connectivity index (χ1n) is 7.66. The number of hydrogen-bond acceptors (Lipinski definition) is 5. The van der Waals surface area contributed by atoms with E-state index >= 15 is 0 Å². The maximum Gasteiger partial charge on any atom is 0.246 e. The average Bonchev–Trinajstić information content (AvgIpc) is 3.17. The highest BCUT2D eigenvalue weighted by Gasteiger charge is 2.23. The van der Waals surface area contributed by atoms with Crippen molar-refractivity contribution < 1.29 is 9.32 Å². The average molecular weight is 278 g/mol. The minimum Gasteiger partial charge on any atom is -0.346 e. The number of hydrogen-bond donors (Lipinski definition) is 2. The molecule has 6 heteroatoms. The molecule has 2 heterocycles. The first-order chi connectivity index (χ1) is 9.83. The van der Waals surface area contributed by atoms with Crippen LogP contribution in [-0.4, -0.2) is 28.6 Å². The van der Waals surface area contributed by atoms with Crippen molar-refractivity contribution in [3.63, 3.8) is 0 Å². The third-order valence-electron chi connectivity index (χ3n) is 4.24. The molecule has 1 saturated heterocycles. The monoisotopic (exact) mass is 278 g/mol. The van der Waals surface area contributed by atoms with Crippen LogP contribution >= 0.6 is 0 Å². The third-order valence-corrected chi connectivity index (χ3v) is 4.24. The van der Waals surface area contributed by atoms with Crippen LogP contribution in [0.5, 0.6) is 0 Å². The smallest absolute Gasteiger partial charge is 0.246 e. The third kappa shape index (κ3) is 3.17. The molecule has 2 aliphatic rings. The van der Waals surface area contributed by atoms with Gasteiger partial charge in [0, 0.05) is 5.92 Å². The van der Waals surface area contributed by atoms with Crippen LogP contribution in [0.15, 0.2) is 4.52 Å². The summed E-state index contributed by atoms with van der Waals surface area (Å²) in [5.41, 5.74) is 0. The van der Waals surface area contributed by atoms with Crippen LogP contribution in [0.2, 0.25) is 0 Å². The molecule has 0 radical (unpaired) electrons. The van der Waals surface area contributed by atoms with Gasteiger partial charge in [0.15, 0.2) is 5.82 Å². The summed E-state index contributed by atoms with van der Waals surface area (Å²) in [5.74, 6) is 1.79. The van der Waals surface area contributed by atoms with Gasteiger partial charge in [-0.3, -0.25) is 4.79 Å². The van der Waals surface area contributed by atoms with Gasteiger partial charge in [0.2, 0.25) is 11.8 Å². The van der Waals surface area contributed by atoms with E-state index in [0.717, 1.165) is 38.1 Å². The molecule has 0 bridgehead atoms. The SMILES string of the molecule is O=C(NCc1nc(C2CCCCC2)no1)C1CCCN1. The zero-order chi connectivity index (χ0) is 13.8. The zero-order valence-corrected chi connectivity index (χ0v) is 11.7. The molecule has 1 saturated carbocycles. The van der Waals surface area contributed by atoms with Crippen molar-refractivity contribution in [2.24, 2.45) is 0 Å². The highest BCUT2D eigenvalue weighted by molar-refractivity contribution is 5.81. The number of rotatable bonds is 4. The van der Waals surface area contributed by atoms with Crippen molar-refractivity contribution in [3.05, 3.63) is 11.7 Å². The molecular weight excluding hydrogens is 256 g/mol. The Morgan fingerprint density at radius 2 is 2.10 bits per heavy atom. The summed E-state index contributed by atoms with van der Waals surface area (Å²) in [7, 11) is 0. The predicted molar refractivity (Wildman–Crippen MR) is 73.0 cm³/mol. The van der Waals surface area contributed by atoms with Crippen LogP contribution in [-0.2, 0) is 11.3 Å². The number of carbonyl (C=O) groups excluding carboxylic acids is 1. The first kappa shape index (κ1) is 13.5. The molecule has 0 aromatic carbocycles. The van der Waals surface area contributed by atoms with E-state index in [0.29, 0.717) is 18.4 Å². The van der Waals surface area contributed by atoms with Gasteiger partial charge < -0.3 is 15.2 Å². The molecule has 1 unspecified atom stereocenters. The second-order valence-corrected chi connectivity index (χ2v) is 5.75. The highest BCUT2D eigenvalue weighted by atomic mass is 16.5. The lowest BCUT2D eigenvalue weighted by Crippen LogP contribution is -2.40. The minimum absolute atomic E-state index is 0.0277. The van der Waals surface area contributed by atoms with Crippen molar-refractivity contribution >= 4 is 5.91 Å². The Labute approximate surface area is 118 Å². The van der Waals surface area contributed by atoms with Crippen molar-refractivity contribution in [2.45, 2.75) is 63.5 Å². The second kappa shape index (κ2) is 6.35. The lowest BCUT2D eigenvalue weighted by Gasteiger charge is -2.17. The number of nitrogens with one attached hydrogen (secondary N) is 2. The van der Waals surface area contributed by atoms with Crippen molar-refractivity contribution in [1.29, 1.82) is 0 Å². The topological polar surface area (TPSA) is 80.1 Å². The molecule has 1 amide bonds. The van der Waals surface area contributed by atoms with E-state index in [2.05, 4.69) is 20.8 Å². The summed E-state index contributed by atoms with van der Waals surface area (Å²) in [4.78, 5) is 16.3. The maximum atomic E-state index is 11.9. The predicted octanol–water partition coefficient (Wildman–Crippen LogP) is 1.49. The lowest BCUT2D eigenvalue weighted by molar-refractivity contribution is -0.123. The van der Waals surface area contributed by atoms with Gasteiger partial charge in [-0.2, -0.15) is 4.98 Å². The molecule has 1 aliphatic heterocycles. The van der Waals surface area contributed by atoms with Gasteiger partial charge in [-0.1, -0.05) is 24.4 Å². The standard InChI is InChI=1S/C14H22N4O2/c19-14(11-7-4-8-15-11)16-9-12-17-13(18-20-12)10-5-2-1-3-6-10/h10-11,15H,1-9H2,(H,16,19). The van der Waals surface area contributed by atoms with Crippen LogP contribution in [0, 0.1) is 0 Å². The van der Waals surface area contributed by atoms with Crippen LogP contribution < -0.4 is 10.6 Å². The Hall–Kier alpha value is -1.43. The molecule has 20 heavy (non-hydrogen) atoms. The van der Waals surface area contributed by atoms with Crippen molar-refractivity contribution in [3.8, 4) is 0 Å². The van der Waals surface area contributed by atoms with Crippen molar-refractivity contribution in [2.75, 3.05) is 6.54 Å². The quantitative estimate of drug-likeness (QED) is 0.872. The summed E-state index contributed by atoms with van der Waals surface area (Å²) in [6, 6.07) is -0.0595. The van der Waals surface area contributed by atoms with E-state index in [1.165, 1.54) is 19.3 Å². The summed E-state index contributed by atoms with van der Waals surface area (Å²) >= 11 is 0. The molecule has 2 fully saturated rings. The fourth-order valence-electron chi connectivity index (χ4n) is 3.06. The molecule has 6 nitrogen and oxygen atoms in total. The molecule has 1 aromatic heterocycles. The fraction of sp³-hybridized carbons (Fsp3) is 0.786. The summed E-state index contributed by atoms with van der Waals surface area (Å²) in [6.45, 7) is 1.25. The Kier molecular flexibility index (Phi) is 4.30. The summed E-state index contributed by atoms with van der Waals surface area (Å²) < 4.78 is 5.23. The Morgan fingerprint density at radius 3 is 2.85 bits per heavy atom. The molecule has 1 aliphatic carbocycles. The molecule has 1 atom stereocenters. The van der Waals surface area contributed by atoms with E-state index in [-0.39, 0.29) is 11.9 Å². The molecule has 0 spiro atoms. The number of nitrogens with zero attached hydrogens (tertiary/aromatic N) is 2. The fourth-order valence-corrected chi connectivity index (χ4v) is 3.06. The van der Waals surface area contributed by atoms with E-state index < -0.39 is 0 Å². The Bertz CT molecular complexity index is 448. The molecule has 1 aromatic rings. The minimum atomic E-state index is -0.0595. The van der Waals surface area contributed by atoms with Crippen LogP contribution in [0.25, 0.3) is 0 Å². The molecule has 2 N–H and O–H groups in total. The molecule has 110 valence electrons. The number of amides is 1. The van der Waals surface area contributed by atoms with Gasteiger partial charge in [-0.15, -0.1) is 0 Å². The second-order valence-electron chi connectivity index (χ2n) is 5.75. The van der Waals surface area contributed by atoms with E-state index in [9.17, 15) is 4.79 Å². The number of aromatic nitrogens is 2. The molecular formula is C14H22N4O2. The van der Waals surface area contributed by atoms with E-state index in [1.807, 2.05) is 0 Å². The maximum absolute atomic E-state index is 11.9. The van der Waals surface area contributed by atoms with Gasteiger partial charge in [0.05, 0.1) is 12.6 Å². The normalized spacial score (nSPS) is 23.9. The van der Waals surface area contributed by atoms with Crippen LogP contribution in [0.4, 0.5) is 0 Å². The van der Waals surface area contributed by atoms with Crippen LogP contribution in [0.1, 0.15) is 62.6 Å². The lowest BCUT2D eigenvalue weighted by atomic mass is 9.89. The largest absolute Gasteiger partial charge is 0.346 e. The Morgan fingerprint density at radius 1 is 1.25 bits per heavy atom. The molecule has 3 rings (SSSR count). The highest BCUT2D eigenvalue weighted by Crippen LogP contribution is 2.30. The number of carbonyl (C=O) groups is 1. The van der Waals surface area contributed by atoms with Crippen molar-refractivity contribution in [1.82, 2.24) is 20.8 Å². The van der Waals surface area contributed by atoms with Gasteiger partial charge in [0.25, 0.3) is 0 Å². The van der Waals surface area contributed by atoms with Gasteiger partial charge >= 0.3 is 0 Å². The first-order valence-corrected chi connectivity index (χ1v) is 7.66. The Balaban J connectivity index is 1.50. The zero-order valence-electron chi connectivity index (χ0n) is 11.7. The van der Waals surface area contributed by atoms with E-state index in [1.54, 1.807) is 0 Å². The van der Waals surface area contributed by atoms with Crippen LogP contribution in [0.3, 0.4) is 0 Å². The van der Waals surface area contributed by atoms with Gasteiger partial charge in [0.1, 0.15) is 0 Å². The summed E-state index contributed by atoms with van der Waals surface area (Å²) in [6.07, 6.45) is 8.07. The van der Waals surface area contributed by atoms with Gasteiger partial charge in [-0.05, 0) is 32.2 Å².